The van der Waals surface area contributed by atoms with Gasteiger partial charge in [0.2, 0.25) is 0 Å². The third-order valence-corrected chi connectivity index (χ3v) is 1.51. The molecule has 0 saturated carbocycles. The minimum absolute atomic E-state index is 0.190. The molecular weight excluding hydrogens is 170 g/mol. The molecule has 0 aliphatic heterocycles. The monoisotopic (exact) mass is 183 g/mol. The van der Waals surface area contributed by atoms with Crippen LogP contribution < -0.4 is 5.32 Å². The van der Waals surface area contributed by atoms with Gasteiger partial charge < -0.3 is 14.5 Å². The van der Waals surface area contributed by atoms with Gasteiger partial charge in [0.05, 0.1) is 0 Å². The first-order valence-corrected chi connectivity index (χ1v) is 4.13. The van der Waals surface area contributed by atoms with Crippen molar-refractivity contribution in [1.82, 2.24) is 5.32 Å². The summed E-state index contributed by atoms with van der Waals surface area (Å²) in [4.78, 5) is 11.2. The molecule has 1 aromatic rings. The van der Waals surface area contributed by atoms with Crippen LogP contribution in [0.25, 0.3) is 0 Å². The van der Waals surface area contributed by atoms with Crippen LogP contribution in [0.3, 0.4) is 0 Å². The number of rotatable bonds is 4. The molecule has 0 aromatic carbocycles. The van der Waals surface area contributed by atoms with Gasteiger partial charge in [-0.2, -0.15) is 0 Å². The molecule has 72 valence electrons. The van der Waals surface area contributed by atoms with Crippen molar-refractivity contribution in [3.05, 3.63) is 23.7 Å². The molecule has 1 amide bonds. The number of methoxy groups -OCH3 is 1. The molecule has 0 fully saturated rings. The Balaban J connectivity index is 2.62. The van der Waals surface area contributed by atoms with E-state index in [1.54, 1.807) is 19.2 Å². The van der Waals surface area contributed by atoms with Crippen molar-refractivity contribution in [2.24, 2.45) is 0 Å². The molecule has 4 nitrogen and oxygen atoms in total. The van der Waals surface area contributed by atoms with Crippen LogP contribution >= 0.6 is 0 Å². The first-order valence-electron chi connectivity index (χ1n) is 4.13. The second kappa shape index (κ2) is 4.67. The van der Waals surface area contributed by atoms with Crippen LogP contribution in [0.1, 0.15) is 23.2 Å². The summed E-state index contributed by atoms with van der Waals surface area (Å²) in [5.74, 6) is 0.794. The van der Waals surface area contributed by atoms with E-state index < -0.39 is 0 Å². The lowest BCUT2D eigenvalue weighted by Gasteiger charge is -1.97. The predicted molar refractivity (Wildman–Crippen MR) is 47.4 cm³/mol. The Morgan fingerprint density at radius 1 is 1.62 bits per heavy atom. The molecule has 0 spiro atoms. The number of hydrogen-bond acceptors (Lipinski definition) is 3. The minimum atomic E-state index is -0.190. The van der Waals surface area contributed by atoms with E-state index in [1.807, 2.05) is 6.92 Å². The standard InChI is InChI=1S/C9H13NO3/c1-3-10-9(11)8-5-4-7(13-8)6-12-2/h4-5H,3,6H2,1-2H3,(H,10,11). The van der Waals surface area contributed by atoms with Crippen LogP contribution in [0, 0.1) is 0 Å². The van der Waals surface area contributed by atoms with E-state index in [0.29, 0.717) is 24.7 Å². The fourth-order valence-electron chi connectivity index (χ4n) is 0.967. The number of amides is 1. The van der Waals surface area contributed by atoms with Gasteiger partial charge in [0.15, 0.2) is 5.76 Å². The molecule has 1 heterocycles. The first kappa shape index (κ1) is 9.80. The summed E-state index contributed by atoms with van der Waals surface area (Å²) in [6.07, 6.45) is 0. The number of ether oxygens (including phenoxy) is 1. The van der Waals surface area contributed by atoms with Gasteiger partial charge in [0, 0.05) is 13.7 Å². The molecule has 0 aliphatic carbocycles. The Bertz CT molecular complexity index is 280. The van der Waals surface area contributed by atoms with E-state index in [1.165, 1.54) is 0 Å². The van der Waals surface area contributed by atoms with Gasteiger partial charge in [0.1, 0.15) is 12.4 Å². The maximum absolute atomic E-state index is 11.2. The lowest BCUT2D eigenvalue weighted by molar-refractivity contribution is 0.0919. The van der Waals surface area contributed by atoms with Crippen LogP contribution in [0.4, 0.5) is 0 Å². The van der Waals surface area contributed by atoms with E-state index >= 15 is 0 Å². The maximum atomic E-state index is 11.2. The van der Waals surface area contributed by atoms with Crippen molar-refractivity contribution in [3.63, 3.8) is 0 Å². The summed E-state index contributed by atoms with van der Waals surface area (Å²) in [6, 6.07) is 3.37. The number of hydrogen-bond donors (Lipinski definition) is 1. The molecule has 0 aliphatic rings. The van der Waals surface area contributed by atoms with Gasteiger partial charge in [-0.25, -0.2) is 0 Å². The Hall–Kier alpha value is -1.29. The van der Waals surface area contributed by atoms with Gasteiger partial charge in [-0.1, -0.05) is 0 Å². The zero-order valence-corrected chi connectivity index (χ0v) is 7.79. The number of carbonyl (C=O) groups is 1. The molecule has 4 heteroatoms. The predicted octanol–water partition coefficient (Wildman–Crippen LogP) is 1.18. The summed E-state index contributed by atoms with van der Waals surface area (Å²) >= 11 is 0. The summed E-state index contributed by atoms with van der Waals surface area (Å²) in [5.41, 5.74) is 0. The van der Waals surface area contributed by atoms with Crippen LogP contribution in [-0.4, -0.2) is 19.6 Å². The first-order chi connectivity index (χ1) is 6.27. The largest absolute Gasteiger partial charge is 0.453 e. The van der Waals surface area contributed by atoms with Crippen molar-refractivity contribution >= 4 is 5.91 Å². The molecule has 13 heavy (non-hydrogen) atoms. The quantitative estimate of drug-likeness (QED) is 0.762. The summed E-state index contributed by atoms with van der Waals surface area (Å²) in [7, 11) is 1.58. The van der Waals surface area contributed by atoms with Crippen molar-refractivity contribution in [1.29, 1.82) is 0 Å². The Morgan fingerprint density at radius 3 is 3.00 bits per heavy atom. The van der Waals surface area contributed by atoms with Crippen molar-refractivity contribution in [2.45, 2.75) is 13.5 Å². The van der Waals surface area contributed by atoms with E-state index in [2.05, 4.69) is 5.32 Å². The zero-order valence-electron chi connectivity index (χ0n) is 7.79. The highest BCUT2D eigenvalue weighted by Crippen LogP contribution is 2.08. The second-order valence-electron chi connectivity index (χ2n) is 2.56. The van der Waals surface area contributed by atoms with E-state index in [4.69, 9.17) is 9.15 Å². The molecule has 1 aromatic heterocycles. The molecular formula is C9H13NO3. The van der Waals surface area contributed by atoms with E-state index in [9.17, 15) is 4.79 Å². The number of furan rings is 1. The third kappa shape index (κ3) is 2.59. The Morgan fingerprint density at radius 2 is 2.38 bits per heavy atom. The highest BCUT2D eigenvalue weighted by molar-refractivity contribution is 5.91. The highest BCUT2D eigenvalue weighted by Gasteiger charge is 2.08. The summed E-state index contributed by atoms with van der Waals surface area (Å²) in [6.45, 7) is 2.84. The maximum Gasteiger partial charge on any atom is 0.286 e. The van der Waals surface area contributed by atoms with E-state index in [0.717, 1.165) is 0 Å². The fourth-order valence-corrected chi connectivity index (χ4v) is 0.967. The van der Waals surface area contributed by atoms with Crippen LogP contribution in [0.5, 0.6) is 0 Å². The van der Waals surface area contributed by atoms with Gasteiger partial charge in [-0.15, -0.1) is 0 Å². The molecule has 1 rings (SSSR count). The van der Waals surface area contributed by atoms with Crippen LogP contribution in [-0.2, 0) is 11.3 Å². The van der Waals surface area contributed by atoms with Crippen LogP contribution in [0.15, 0.2) is 16.5 Å². The molecule has 0 atom stereocenters. The summed E-state index contributed by atoms with van der Waals surface area (Å²) in [5, 5.41) is 2.64. The van der Waals surface area contributed by atoms with Gasteiger partial charge in [-0.05, 0) is 19.1 Å². The molecule has 1 N–H and O–H groups in total. The Kier molecular flexibility index (Phi) is 3.52. The molecule has 0 bridgehead atoms. The third-order valence-electron chi connectivity index (χ3n) is 1.51. The lowest BCUT2D eigenvalue weighted by atomic mass is 10.4. The lowest BCUT2D eigenvalue weighted by Crippen LogP contribution is -2.21. The molecule has 0 radical (unpaired) electrons. The van der Waals surface area contributed by atoms with Crippen molar-refractivity contribution in [2.75, 3.05) is 13.7 Å². The normalized spacial score (nSPS) is 10.0. The molecule has 0 unspecified atom stereocenters. The zero-order chi connectivity index (χ0) is 9.68. The van der Waals surface area contributed by atoms with Crippen molar-refractivity contribution in [3.8, 4) is 0 Å². The van der Waals surface area contributed by atoms with Gasteiger partial charge >= 0.3 is 0 Å². The fraction of sp³-hybridized carbons (Fsp3) is 0.444. The van der Waals surface area contributed by atoms with Crippen LogP contribution in [0.2, 0.25) is 0 Å². The smallest absolute Gasteiger partial charge is 0.286 e. The number of carbonyl (C=O) groups excluding carboxylic acids is 1. The molecule has 0 saturated heterocycles. The minimum Gasteiger partial charge on any atom is -0.453 e. The average Bonchev–Trinajstić information content (AvgIpc) is 2.54. The van der Waals surface area contributed by atoms with Gasteiger partial charge in [-0.3, -0.25) is 4.79 Å². The highest BCUT2D eigenvalue weighted by atomic mass is 16.5. The second-order valence-corrected chi connectivity index (χ2v) is 2.56. The average molecular weight is 183 g/mol. The SMILES string of the molecule is CCNC(=O)c1ccc(COC)o1. The number of nitrogens with one attached hydrogen (secondary N) is 1. The summed E-state index contributed by atoms with van der Waals surface area (Å²) < 4.78 is 10.1. The Labute approximate surface area is 76.9 Å². The van der Waals surface area contributed by atoms with Gasteiger partial charge in [0.25, 0.3) is 5.91 Å². The van der Waals surface area contributed by atoms with Crippen molar-refractivity contribution < 1.29 is 13.9 Å². The van der Waals surface area contributed by atoms with E-state index in [-0.39, 0.29) is 5.91 Å². The topological polar surface area (TPSA) is 51.5 Å².